The molecule has 1 heterocycles. The quantitative estimate of drug-likeness (QED) is 0.470. The van der Waals surface area contributed by atoms with Gasteiger partial charge in [-0.05, 0) is 67.1 Å². The van der Waals surface area contributed by atoms with Crippen molar-refractivity contribution in [1.82, 2.24) is 4.98 Å². The van der Waals surface area contributed by atoms with Crippen LogP contribution in [0.5, 0.6) is 0 Å². The summed E-state index contributed by atoms with van der Waals surface area (Å²) in [7, 11) is 0. The highest BCUT2D eigenvalue weighted by molar-refractivity contribution is 9.10. The molecule has 2 rings (SSSR count). The van der Waals surface area contributed by atoms with E-state index in [1.807, 2.05) is 0 Å². The van der Waals surface area contributed by atoms with Gasteiger partial charge in [0.1, 0.15) is 5.69 Å². The van der Waals surface area contributed by atoms with E-state index in [0.29, 0.717) is 44.2 Å². The molecule has 0 spiro atoms. The normalized spacial score (nSPS) is 12.7. The zero-order valence-electron chi connectivity index (χ0n) is 17.1. The molecule has 0 aliphatic heterocycles. The van der Waals surface area contributed by atoms with Gasteiger partial charge in [0, 0.05) is 10.7 Å². The van der Waals surface area contributed by atoms with E-state index in [-0.39, 0.29) is 18.6 Å². The summed E-state index contributed by atoms with van der Waals surface area (Å²) in [5, 5.41) is 22.4. The topological polar surface area (TPSA) is 90.3 Å². The van der Waals surface area contributed by atoms with Crippen molar-refractivity contribution < 1.29 is 19.8 Å². The van der Waals surface area contributed by atoms with E-state index in [1.54, 1.807) is 52.8 Å². The molecule has 1 unspecified atom stereocenters. The average Bonchev–Trinajstić information content (AvgIpc) is 2.56. The van der Waals surface area contributed by atoms with Crippen molar-refractivity contribution in [2.45, 2.75) is 57.9 Å². The number of carbonyl (C=O) groups is 2. The maximum Gasteiger partial charge on any atom is 0.307 e. The summed E-state index contributed by atoms with van der Waals surface area (Å²) >= 11 is 9.48. The molecule has 29 heavy (non-hydrogen) atoms. The number of aliphatic carboxylic acids is 1. The van der Waals surface area contributed by atoms with Crippen LogP contribution in [0, 0.1) is 13.8 Å². The molecule has 0 aliphatic carbocycles. The zero-order chi connectivity index (χ0) is 22.1. The van der Waals surface area contributed by atoms with Gasteiger partial charge in [-0.2, -0.15) is 0 Å². The fourth-order valence-electron chi connectivity index (χ4n) is 3.42. The van der Waals surface area contributed by atoms with Crippen LogP contribution >= 0.6 is 27.5 Å². The Morgan fingerprint density at radius 2 is 1.93 bits per heavy atom. The Morgan fingerprint density at radius 1 is 1.31 bits per heavy atom. The predicted octanol–water partition coefficient (Wildman–Crippen LogP) is 4.29. The number of hydrogen-bond acceptors (Lipinski definition) is 4. The molecule has 1 atom stereocenters. The van der Waals surface area contributed by atoms with Gasteiger partial charge in [-0.15, -0.1) is 5.60 Å². The number of halogens is 2. The van der Waals surface area contributed by atoms with Gasteiger partial charge in [-0.25, -0.2) is 4.98 Å². The number of carboxylic acid groups (broad SMARTS) is 1. The Bertz CT molecular complexity index is 964. The van der Waals surface area contributed by atoms with Gasteiger partial charge >= 0.3 is 5.97 Å². The lowest BCUT2D eigenvalue weighted by atomic mass is 9.85. The number of carbonyl (C=O) groups excluding carboxylic acids is 1. The highest BCUT2D eigenvalue weighted by Crippen LogP contribution is 2.36. The minimum absolute atomic E-state index is 0.187. The number of aromatic nitrogens is 1. The number of rotatable bonds is 7. The third-order valence-corrected chi connectivity index (χ3v) is 5.27. The second-order valence-electron chi connectivity index (χ2n) is 7.81. The number of aryl methyl sites for hydroxylation is 1. The summed E-state index contributed by atoms with van der Waals surface area (Å²) in [6.45, 7) is 8.35. The van der Waals surface area contributed by atoms with Crippen molar-refractivity contribution in [3.05, 3.63) is 51.3 Å². The number of hydrogen-bond donors (Lipinski definition) is 1. The number of nitrogens with zero attached hydrogens (tertiary/aromatic N) is 1. The van der Waals surface area contributed by atoms with Gasteiger partial charge in [-0.3, -0.25) is 9.59 Å². The van der Waals surface area contributed by atoms with Gasteiger partial charge in [-0.1, -0.05) is 47.4 Å². The summed E-state index contributed by atoms with van der Waals surface area (Å²) in [6, 6.07) is 5.21. The van der Waals surface area contributed by atoms with Crippen molar-refractivity contribution in [3.8, 4) is 11.1 Å². The second kappa shape index (κ2) is 8.94. The molecular weight excluding hydrogens is 458 g/mol. The van der Waals surface area contributed by atoms with Crippen molar-refractivity contribution in [2.24, 2.45) is 0 Å². The van der Waals surface area contributed by atoms with Gasteiger partial charge in [0.25, 0.3) is 0 Å². The van der Waals surface area contributed by atoms with Crippen LogP contribution in [-0.4, -0.2) is 32.3 Å². The molecular formula is C22H24BrClNO4-. The molecule has 2 aromatic rings. The Kier molecular flexibility index (Phi) is 7.25. The Labute approximate surface area is 184 Å². The number of ketones is 1. The van der Waals surface area contributed by atoms with Crippen LogP contribution in [0.2, 0.25) is 5.02 Å². The van der Waals surface area contributed by atoms with Gasteiger partial charge in [0.2, 0.25) is 0 Å². The minimum Gasteiger partial charge on any atom is -0.850 e. The molecule has 0 bridgehead atoms. The summed E-state index contributed by atoms with van der Waals surface area (Å²) in [4.78, 5) is 28.2. The van der Waals surface area contributed by atoms with E-state index in [1.165, 1.54) is 0 Å². The Morgan fingerprint density at radius 3 is 2.45 bits per heavy atom. The molecule has 1 N–H and O–H groups in total. The zero-order valence-corrected chi connectivity index (χ0v) is 19.4. The molecule has 0 radical (unpaired) electrons. The molecule has 5 nitrogen and oxygen atoms in total. The van der Waals surface area contributed by atoms with Crippen LogP contribution in [0.4, 0.5) is 0 Å². The largest absolute Gasteiger partial charge is 0.850 e. The van der Waals surface area contributed by atoms with Gasteiger partial charge < -0.3 is 10.2 Å². The van der Waals surface area contributed by atoms with Crippen molar-refractivity contribution in [1.29, 1.82) is 0 Å². The lowest BCUT2D eigenvalue weighted by molar-refractivity contribution is -0.465. The van der Waals surface area contributed by atoms with E-state index < -0.39 is 16.4 Å². The van der Waals surface area contributed by atoms with Crippen LogP contribution in [0.25, 0.3) is 11.1 Å². The number of alkyl halides is 1. The molecule has 156 valence electrons. The minimum atomic E-state index is -1.24. The molecule has 1 aromatic heterocycles. The lowest BCUT2D eigenvalue weighted by Crippen LogP contribution is -2.39. The first-order valence-electron chi connectivity index (χ1n) is 9.21. The first-order chi connectivity index (χ1) is 13.3. The molecule has 0 saturated heterocycles. The number of pyridine rings is 1. The fraction of sp³-hybridized carbons (Fsp3) is 0.409. The van der Waals surface area contributed by atoms with Gasteiger partial charge in [0.05, 0.1) is 11.2 Å². The second-order valence-corrected chi connectivity index (χ2v) is 9.62. The van der Waals surface area contributed by atoms with Crippen LogP contribution in [0.1, 0.15) is 53.6 Å². The number of benzene rings is 1. The molecule has 0 fully saturated rings. The van der Waals surface area contributed by atoms with E-state index in [0.717, 1.165) is 0 Å². The molecule has 7 heteroatoms. The van der Waals surface area contributed by atoms with Crippen molar-refractivity contribution >= 4 is 39.3 Å². The monoisotopic (exact) mass is 480 g/mol. The highest BCUT2D eigenvalue weighted by Gasteiger charge is 2.25. The van der Waals surface area contributed by atoms with Crippen LogP contribution in [0.15, 0.2) is 18.2 Å². The summed E-state index contributed by atoms with van der Waals surface area (Å²) in [5.41, 5.74) is 2.69. The van der Waals surface area contributed by atoms with Crippen molar-refractivity contribution in [3.63, 3.8) is 0 Å². The lowest BCUT2D eigenvalue weighted by Gasteiger charge is -2.33. The summed E-state index contributed by atoms with van der Waals surface area (Å²) in [6.07, 6.45) is -0.0372. The number of carboxylic acids is 1. The van der Waals surface area contributed by atoms with E-state index in [9.17, 15) is 19.8 Å². The maximum atomic E-state index is 12.7. The third kappa shape index (κ3) is 5.65. The SMILES string of the molecule is Cc1nc(C(=O)C(C)Br)c(C)c(-c2ccc(Cl)cc2CC(C)(C)[O-])c1CC(=O)O. The van der Waals surface area contributed by atoms with Gasteiger partial charge in [0.15, 0.2) is 5.78 Å². The van der Waals surface area contributed by atoms with E-state index in [4.69, 9.17) is 11.6 Å². The standard InChI is InChI=1S/C22H24BrClNO4/c1-11-19(16-7-6-15(24)8-14(16)10-22(4,5)29)17(9-18(26)27)13(3)25-20(11)21(28)12(2)23/h6-8,12H,9-10H2,1-5H3,(H,26,27)/q-1. The van der Waals surface area contributed by atoms with Crippen LogP contribution < -0.4 is 5.11 Å². The maximum absolute atomic E-state index is 12.7. The average molecular weight is 482 g/mol. The smallest absolute Gasteiger partial charge is 0.307 e. The van der Waals surface area contributed by atoms with Crippen LogP contribution in [-0.2, 0) is 17.6 Å². The molecule has 0 aliphatic rings. The molecule has 0 saturated carbocycles. The Balaban J connectivity index is 2.89. The molecule has 0 amide bonds. The summed E-state index contributed by atoms with van der Waals surface area (Å²) < 4.78 is 0. The number of Topliss-reactive ketones (excluding diaryl/α,β-unsaturated/α-hetero) is 1. The summed E-state index contributed by atoms with van der Waals surface area (Å²) in [5.74, 6) is -1.18. The van der Waals surface area contributed by atoms with Crippen LogP contribution in [0.3, 0.4) is 0 Å². The fourth-order valence-corrected chi connectivity index (χ4v) is 3.83. The Hall–Kier alpha value is -1.76. The first kappa shape index (κ1) is 23.5. The highest BCUT2D eigenvalue weighted by atomic mass is 79.9. The third-order valence-electron chi connectivity index (χ3n) is 4.62. The van der Waals surface area contributed by atoms with E-state index in [2.05, 4.69) is 20.9 Å². The predicted molar refractivity (Wildman–Crippen MR) is 116 cm³/mol. The first-order valence-corrected chi connectivity index (χ1v) is 10.5. The van der Waals surface area contributed by atoms with E-state index >= 15 is 0 Å². The van der Waals surface area contributed by atoms with Crippen molar-refractivity contribution in [2.75, 3.05) is 0 Å². The molecule has 1 aromatic carbocycles.